The van der Waals surface area contributed by atoms with Crippen molar-refractivity contribution < 1.29 is 0 Å². The molecule has 2 nitrogen and oxygen atoms in total. The summed E-state index contributed by atoms with van der Waals surface area (Å²) in [4.78, 5) is 2.68. The first-order chi connectivity index (χ1) is 6.67. The lowest BCUT2D eigenvalue weighted by Crippen LogP contribution is -2.48. The van der Waals surface area contributed by atoms with Gasteiger partial charge in [0.2, 0.25) is 0 Å². The summed E-state index contributed by atoms with van der Waals surface area (Å²) >= 11 is 0. The zero-order chi connectivity index (χ0) is 10.4. The predicted octanol–water partition coefficient (Wildman–Crippen LogP) is 2.25. The van der Waals surface area contributed by atoms with Crippen LogP contribution in [0.4, 0.5) is 0 Å². The zero-order valence-electron chi connectivity index (χ0n) is 10.1. The number of rotatable bonds is 3. The van der Waals surface area contributed by atoms with E-state index in [1.807, 2.05) is 0 Å². The lowest BCUT2D eigenvalue weighted by Gasteiger charge is -2.40. The Morgan fingerprint density at radius 3 is 2.79 bits per heavy atom. The van der Waals surface area contributed by atoms with Crippen LogP contribution in [-0.4, -0.2) is 36.6 Å². The smallest absolute Gasteiger partial charge is 0.0165 e. The van der Waals surface area contributed by atoms with Gasteiger partial charge in [-0.1, -0.05) is 13.3 Å². The summed E-state index contributed by atoms with van der Waals surface area (Å²) in [6.45, 7) is 12.0. The average molecular weight is 198 g/mol. The molecule has 0 aromatic rings. The standard InChI is InChI=1S/C12H26N2/c1-4-5-10-14-11-6-8-13-9-7-12(14,2)3/h13H,4-11H2,1-3H3. The fraction of sp³-hybridized carbons (Fsp3) is 1.00. The summed E-state index contributed by atoms with van der Waals surface area (Å²) < 4.78 is 0. The van der Waals surface area contributed by atoms with Crippen LogP contribution >= 0.6 is 0 Å². The largest absolute Gasteiger partial charge is 0.317 e. The van der Waals surface area contributed by atoms with Gasteiger partial charge in [-0.15, -0.1) is 0 Å². The van der Waals surface area contributed by atoms with Crippen molar-refractivity contribution in [3.8, 4) is 0 Å². The first-order valence-electron chi connectivity index (χ1n) is 6.12. The van der Waals surface area contributed by atoms with E-state index in [9.17, 15) is 0 Å². The highest BCUT2D eigenvalue weighted by Crippen LogP contribution is 2.20. The highest BCUT2D eigenvalue weighted by Gasteiger charge is 2.26. The van der Waals surface area contributed by atoms with E-state index in [1.54, 1.807) is 0 Å². The fourth-order valence-corrected chi connectivity index (χ4v) is 2.14. The Labute approximate surface area is 89.1 Å². The molecule has 1 aliphatic heterocycles. The van der Waals surface area contributed by atoms with Crippen LogP contribution < -0.4 is 5.32 Å². The first kappa shape index (κ1) is 12.0. The molecule has 1 saturated heterocycles. The molecule has 0 aliphatic carbocycles. The van der Waals surface area contributed by atoms with Gasteiger partial charge >= 0.3 is 0 Å². The molecule has 1 N–H and O–H groups in total. The third-order valence-corrected chi connectivity index (χ3v) is 3.33. The van der Waals surface area contributed by atoms with E-state index >= 15 is 0 Å². The SMILES string of the molecule is CCCCN1CCCNCCC1(C)C. The van der Waals surface area contributed by atoms with E-state index in [0.29, 0.717) is 5.54 Å². The number of hydrogen-bond acceptors (Lipinski definition) is 2. The monoisotopic (exact) mass is 198 g/mol. The van der Waals surface area contributed by atoms with Gasteiger partial charge in [0.15, 0.2) is 0 Å². The van der Waals surface area contributed by atoms with Gasteiger partial charge in [0.25, 0.3) is 0 Å². The Morgan fingerprint density at radius 1 is 1.29 bits per heavy atom. The Kier molecular flexibility index (Phi) is 4.90. The summed E-state index contributed by atoms with van der Waals surface area (Å²) in [6.07, 6.45) is 5.23. The Balaban J connectivity index is 2.46. The van der Waals surface area contributed by atoms with Gasteiger partial charge in [0.05, 0.1) is 0 Å². The van der Waals surface area contributed by atoms with Crippen LogP contribution in [0.3, 0.4) is 0 Å². The molecule has 84 valence electrons. The average Bonchev–Trinajstić information content (AvgIpc) is 2.12. The molecule has 0 atom stereocenters. The first-order valence-corrected chi connectivity index (χ1v) is 6.12. The third kappa shape index (κ3) is 3.58. The van der Waals surface area contributed by atoms with Gasteiger partial charge in [-0.25, -0.2) is 0 Å². The van der Waals surface area contributed by atoms with Gasteiger partial charge in [-0.05, 0) is 59.3 Å². The van der Waals surface area contributed by atoms with Crippen LogP contribution in [0.15, 0.2) is 0 Å². The molecule has 1 fully saturated rings. The quantitative estimate of drug-likeness (QED) is 0.748. The van der Waals surface area contributed by atoms with E-state index in [4.69, 9.17) is 0 Å². The number of nitrogens with zero attached hydrogens (tertiary/aromatic N) is 1. The molecule has 14 heavy (non-hydrogen) atoms. The molecular weight excluding hydrogens is 172 g/mol. The van der Waals surface area contributed by atoms with Crippen LogP contribution in [0.1, 0.15) is 46.5 Å². The fourth-order valence-electron chi connectivity index (χ4n) is 2.14. The minimum Gasteiger partial charge on any atom is -0.317 e. The molecule has 0 aromatic carbocycles. The second-order valence-electron chi connectivity index (χ2n) is 5.01. The molecule has 0 saturated carbocycles. The number of nitrogens with one attached hydrogen (secondary N) is 1. The third-order valence-electron chi connectivity index (χ3n) is 3.33. The Morgan fingerprint density at radius 2 is 2.07 bits per heavy atom. The normalized spacial score (nSPS) is 24.2. The molecule has 1 heterocycles. The van der Waals surface area contributed by atoms with Gasteiger partial charge in [0, 0.05) is 5.54 Å². The van der Waals surface area contributed by atoms with E-state index < -0.39 is 0 Å². The predicted molar refractivity (Wildman–Crippen MR) is 62.7 cm³/mol. The van der Waals surface area contributed by atoms with Crippen molar-refractivity contribution in [3.63, 3.8) is 0 Å². The lowest BCUT2D eigenvalue weighted by atomic mass is 9.96. The van der Waals surface area contributed by atoms with Crippen molar-refractivity contribution in [3.05, 3.63) is 0 Å². The van der Waals surface area contributed by atoms with E-state index in [-0.39, 0.29) is 0 Å². The van der Waals surface area contributed by atoms with E-state index in [2.05, 4.69) is 31.0 Å². The van der Waals surface area contributed by atoms with Crippen LogP contribution in [0.25, 0.3) is 0 Å². The summed E-state index contributed by atoms with van der Waals surface area (Å²) in [5, 5.41) is 3.49. The van der Waals surface area contributed by atoms with Crippen molar-refractivity contribution in [2.45, 2.75) is 52.0 Å². The van der Waals surface area contributed by atoms with Crippen LogP contribution in [0.5, 0.6) is 0 Å². The molecule has 0 radical (unpaired) electrons. The summed E-state index contributed by atoms with van der Waals surface area (Å²) in [5.74, 6) is 0. The molecule has 0 bridgehead atoms. The van der Waals surface area contributed by atoms with Crippen molar-refractivity contribution in [1.29, 1.82) is 0 Å². The minimum absolute atomic E-state index is 0.391. The number of hydrogen-bond donors (Lipinski definition) is 1. The van der Waals surface area contributed by atoms with Gasteiger partial charge in [-0.2, -0.15) is 0 Å². The maximum atomic E-state index is 3.49. The molecule has 1 aliphatic rings. The molecule has 1 rings (SSSR count). The van der Waals surface area contributed by atoms with Gasteiger partial charge < -0.3 is 5.32 Å². The molecule has 0 spiro atoms. The molecule has 0 amide bonds. The van der Waals surface area contributed by atoms with Crippen molar-refractivity contribution in [1.82, 2.24) is 10.2 Å². The molecular formula is C12H26N2. The van der Waals surface area contributed by atoms with Crippen LogP contribution in [-0.2, 0) is 0 Å². The summed E-state index contributed by atoms with van der Waals surface area (Å²) in [7, 11) is 0. The second-order valence-corrected chi connectivity index (χ2v) is 5.01. The summed E-state index contributed by atoms with van der Waals surface area (Å²) in [5.41, 5.74) is 0.391. The Bertz CT molecular complexity index is 152. The van der Waals surface area contributed by atoms with Crippen LogP contribution in [0, 0.1) is 0 Å². The number of unbranched alkanes of at least 4 members (excludes halogenated alkanes) is 1. The van der Waals surface area contributed by atoms with Gasteiger partial charge in [-0.3, -0.25) is 4.90 Å². The van der Waals surface area contributed by atoms with Gasteiger partial charge in [0.1, 0.15) is 0 Å². The van der Waals surface area contributed by atoms with Crippen molar-refractivity contribution in [2.75, 3.05) is 26.2 Å². The summed E-state index contributed by atoms with van der Waals surface area (Å²) in [6, 6.07) is 0. The molecule has 2 heteroatoms. The highest BCUT2D eigenvalue weighted by atomic mass is 15.2. The van der Waals surface area contributed by atoms with Crippen LogP contribution in [0.2, 0.25) is 0 Å². The van der Waals surface area contributed by atoms with E-state index in [1.165, 1.54) is 51.9 Å². The minimum atomic E-state index is 0.391. The second kappa shape index (κ2) is 5.72. The van der Waals surface area contributed by atoms with Crippen molar-refractivity contribution >= 4 is 0 Å². The maximum Gasteiger partial charge on any atom is 0.0165 e. The van der Waals surface area contributed by atoms with Crippen molar-refractivity contribution in [2.24, 2.45) is 0 Å². The topological polar surface area (TPSA) is 15.3 Å². The molecule has 0 unspecified atom stereocenters. The van der Waals surface area contributed by atoms with E-state index in [0.717, 1.165) is 0 Å². The Hall–Kier alpha value is -0.0800. The zero-order valence-corrected chi connectivity index (χ0v) is 10.1. The lowest BCUT2D eigenvalue weighted by molar-refractivity contribution is 0.0990. The highest BCUT2D eigenvalue weighted by molar-refractivity contribution is 4.83. The maximum absolute atomic E-state index is 3.49. The molecule has 0 aromatic heterocycles.